The Labute approximate surface area is 87.5 Å². The van der Waals surface area contributed by atoms with Crippen LogP contribution in [0.1, 0.15) is 18.9 Å². The largest absolute Gasteiger partial charge is 0.396 e. The predicted octanol–water partition coefficient (Wildman–Crippen LogP) is 2.04. The van der Waals surface area contributed by atoms with Gasteiger partial charge in [-0.25, -0.2) is 4.39 Å². The molecule has 0 radical (unpaired) electrons. The Kier molecular flexibility index (Phi) is 3.48. The lowest BCUT2D eigenvalue weighted by atomic mass is 9.90. The molecule has 0 saturated heterocycles. The first-order chi connectivity index (χ1) is 6.47. The van der Waals surface area contributed by atoms with Gasteiger partial charge < -0.3 is 10.8 Å². The van der Waals surface area contributed by atoms with Gasteiger partial charge in [0, 0.05) is 12.1 Å². The van der Waals surface area contributed by atoms with Crippen molar-refractivity contribution in [1.29, 1.82) is 0 Å². The summed E-state index contributed by atoms with van der Waals surface area (Å²) in [4.78, 5) is 0. The Morgan fingerprint density at radius 2 is 2.21 bits per heavy atom. The number of benzene rings is 1. The summed E-state index contributed by atoms with van der Waals surface area (Å²) in [6.07, 6.45) is 0.412. The van der Waals surface area contributed by atoms with Crippen molar-refractivity contribution in [3.63, 3.8) is 0 Å². The van der Waals surface area contributed by atoms with Crippen molar-refractivity contribution < 1.29 is 9.50 Å². The van der Waals surface area contributed by atoms with Crippen LogP contribution in [0.5, 0.6) is 0 Å². The third kappa shape index (κ3) is 2.44. The lowest BCUT2D eigenvalue weighted by molar-refractivity contribution is 0.247. The molecule has 14 heavy (non-hydrogen) atoms. The number of rotatable bonds is 3. The quantitative estimate of drug-likeness (QED) is 0.814. The van der Waals surface area contributed by atoms with Crippen LogP contribution < -0.4 is 5.73 Å². The molecule has 1 aromatic carbocycles. The molecule has 0 unspecified atom stereocenters. The number of hydrogen-bond donors (Lipinski definition) is 2. The highest BCUT2D eigenvalue weighted by Gasteiger charge is 2.21. The molecule has 0 amide bonds. The lowest BCUT2D eigenvalue weighted by Gasteiger charge is -2.24. The summed E-state index contributed by atoms with van der Waals surface area (Å²) >= 11 is 5.63. The van der Waals surface area contributed by atoms with Crippen molar-refractivity contribution in [2.75, 3.05) is 6.61 Å². The molecule has 0 aliphatic rings. The van der Waals surface area contributed by atoms with Crippen LogP contribution in [0.2, 0.25) is 5.02 Å². The smallest absolute Gasteiger partial charge is 0.141 e. The van der Waals surface area contributed by atoms with Crippen LogP contribution in [0.15, 0.2) is 18.2 Å². The minimum atomic E-state index is -0.675. The average Bonchev–Trinajstić information content (AvgIpc) is 2.09. The van der Waals surface area contributed by atoms with Crippen LogP contribution in [0.4, 0.5) is 4.39 Å². The van der Waals surface area contributed by atoms with Gasteiger partial charge >= 0.3 is 0 Å². The van der Waals surface area contributed by atoms with Gasteiger partial charge in [-0.1, -0.05) is 17.7 Å². The Morgan fingerprint density at radius 1 is 1.57 bits per heavy atom. The first-order valence-corrected chi connectivity index (χ1v) is 4.70. The Hall–Kier alpha value is -0.640. The van der Waals surface area contributed by atoms with Gasteiger partial charge in [0.25, 0.3) is 0 Å². The first kappa shape index (κ1) is 11.4. The van der Waals surface area contributed by atoms with E-state index in [0.717, 1.165) is 5.56 Å². The molecule has 1 rings (SSSR count). The van der Waals surface area contributed by atoms with E-state index in [1.54, 1.807) is 13.0 Å². The van der Waals surface area contributed by atoms with Gasteiger partial charge in [-0.15, -0.1) is 0 Å². The fourth-order valence-corrected chi connectivity index (χ4v) is 1.41. The van der Waals surface area contributed by atoms with Gasteiger partial charge in [0.05, 0.1) is 5.02 Å². The molecule has 3 N–H and O–H groups in total. The highest BCUT2D eigenvalue weighted by Crippen LogP contribution is 2.25. The van der Waals surface area contributed by atoms with E-state index >= 15 is 0 Å². The molecular weight excluding hydrogens is 205 g/mol. The van der Waals surface area contributed by atoms with Crippen LogP contribution >= 0.6 is 11.6 Å². The van der Waals surface area contributed by atoms with E-state index in [9.17, 15) is 4.39 Å². The van der Waals surface area contributed by atoms with Gasteiger partial charge in [-0.2, -0.15) is 0 Å². The van der Waals surface area contributed by atoms with Crippen LogP contribution in [-0.4, -0.2) is 11.7 Å². The minimum absolute atomic E-state index is 0.0119. The normalized spacial score (nSPS) is 15.2. The monoisotopic (exact) mass is 217 g/mol. The summed E-state index contributed by atoms with van der Waals surface area (Å²) in [6, 6.07) is 4.35. The van der Waals surface area contributed by atoms with Crippen LogP contribution in [0.25, 0.3) is 0 Å². The second-order valence-corrected chi connectivity index (χ2v) is 3.93. The molecule has 1 aromatic rings. The first-order valence-electron chi connectivity index (χ1n) is 4.32. The summed E-state index contributed by atoms with van der Waals surface area (Å²) in [7, 11) is 0. The SMILES string of the molecule is C[C@](N)(CCO)c1ccc(F)c(Cl)c1. The van der Waals surface area contributed by atoms with E-state index in [1.807, 2.05) is 0 Å². The molecule has 4 heteroatoms. The zero-order valence-corrected chi connectivity index (χ0v) is 8.68. The van der Waals surface area contributed by atoms with E-state index < -0.39 is 11.4 Å². The maximum atomic E-state index is 12.9. The molecule has 0 heterocycles. The fraction of sp³-hybridized carbons (Fsp3) is 0.400. The van der Waals surface area contributed by atoms with E-state index in [-0.39, 0.29) is 11.6 Å². The van der Waals surface area contributed by atoms with Crippen molar-refractivity contribution in [2.24, 2.45) is 5.73 Å². The third-order valence-corrected chi connectivity index (χ3v) is 2.50. The van der Waals surface area contributed by atoms with E-state index in [0.29, 0.717) is 6.42 Å². The average molecular weight is 218 g/mol. The summed E-state index contributed by atoms with van der Waals surface area (Å²) in [5, 5.41) is 8.85. The molecule has 0 aliphatic heterocycles. The zero-order chi connectivity index (χ0) is 10.8. The zero-order valence-electron chi connectivity index (χ0n) is 7.93. The predicted molar refractivity (Wildman–Crippen MR) is 54.7 cm³/mol. The van der Waals surface area contributed by atoms with Crippen molar-refractivity contribution in [2.45, 2.75) is 18.9 Å². The number of nitrogens with two attached hydrogens (primary N) is 1. The molecule has 0 saturated carbocycles. The molecular formula is C10H13ClFNO. The number of hydrogen-bond acceptors (Lipinski definition) is 2. The molecule has 0 aliphatic carbocycles. The standard InChI is InChI=1S/C10H13ClFNO/c1-10(13,4-5-14)7-2-3-9(12)8(11)6-7/h2-3,6,14H,4-5,13H2,1H3/t10-/m0/s1. The van der Waals surface area contributed by atoms with Crippen LogP contribution in [0.3, 0.4) is 0 Å². The van der Waals surface area contributed by atoms with E-state index in [2.05, 4.69) is 0 Å². The maximum Gasteiger partial charge on any atom is 0.141 e. The maximum absolute atomic E-state index is 12.9. The number of aliphatic hydroxyl groups is 1. The summed E-state index contributed by atoms with van der Waals surface area (Å²) in [5.41, 5.74) is 5.97. The Bertz CT molecular complexity index is 328. The second-order valence-electron chi connectivity index (χ2n) is 3.52. The topological polar surface area (TPSA) is 46.2 Å². The summed E-state index contributed by atoms with van der Waals surface area (Å²) in [5.74, 6) is -0.463. The lowest BCUT2D eigenvalue weighted by Crippen LogP contribution is -2.34. The molecule has 0 spiro atoms. The van der Waals surface area contributed by atoms with E-state index in [1.165, 1.54) is 12.1 Å². The van der Waals surface area contributed by atoms with E-state index in [4.69, 9.17) is 22.4 Å². The molecule has 0 bridgehead atoms. The highest BCUT2D eigenvalue weighted by molar-refractivity contribution is 6.30. The van der Waals surface area contributed by atoms with Gasteiger partial charge in [-0.05, 0) is 31.0 Å². The molecule has 0 aromatic heterocycles. The minimum Gasteiger partial charge on any atom is -0.396 e. The van der Waals surface area contributed by atoms with Crippen LogP contribution in [0, 0.1) is 5.82 Å². The van der Waals surface area contributed by atoms with Gasteiger partial charge in [0.2, 0.25) is 0 Å². The fourth-order valence-electron chi connectivity index (χ4n) is 1.23. The van der Waals surface area contributed by atoms with Gasteiger partial charge in [0.15, 0.2) is 0 Å². The highest BCUT2D eigenvalue weighted by atomic mass is 35.5. The second kappa shape index (κ2) is 4.26. The third-order valence-electron chi connectivity index (χ3n) is 2.21. The Morgan fingerprint density at radius 3 is 2.71 bits per heavy atom. The van der Waals surface area contributed by atoms with Gasteiger partial charge in [0.1, 0.15) is 5.82 Å². The van der Waals surface area contributed by atoms with Crippen molar-refractivity contribution in [3.8, 4) is 0 Å². The molecule has 2 nitrogen and oxygen atoms in total. The van der Waals surface area contributed by atoms with Crippen molar-refractivity contribution in [3.05, 3.63) is 34.6 Å². The summed E-state index contributed by atoms with van der Waals surface area (Å²) in [6.45, 7) is 1.76. The molecule has 78 valence electrons. The van der Waals surface area contributed by atoms with Crippen molar-refractivity contribution >= 4 is 11.6 Å². The molecule has 1 atom stereocenters. The Balaban J connectivity index is 3.01. The summed E-state index contributed by atoms with van der Waals surface area (Å²) < 4.78 is 12.9. The van der Waals surface area contributed by atoms with Crippen LogP contribution in [-0.2, 0) is 5.54 Å². The number of halogens is 2. The van der Waals surface area contributed by atoms with Crippen molar-refractivity contribution in [1.82, 2.24) is 0 Å². The number of aliphatic hydroxyl groups excluding tert-OH is 1. The molecule has 0 fully saturated rings. The van der Waals surface area contributed by atoms with Gasteiger partial charge in [-0.3, -0.25) is 0 Å².